The minimum Gasteiger partial charge on any atom is -0.310 e. The first-order chi connectivity index (χ1) is 12.9. The van der Waals surface area contributed by atoms with Crippen LogP contribution in [-0.4, -0.2) is 39.9 Å². The lowest BCUT2D eigenvalue weighted by Gasteiger charge is -2.32. The Morgan fingerprint density at radius 1 is 1.11 bits per heavy atom. The highest BCUT2D eigenvalue weighted by Gasteiger charge is 2.31. The van der Waals surface area contributed by atoms with Crippen LogP contribution >= 0.6 is 11.6 Å². The third-order valence-electron chi connectivity index (χ3n) is 5.78. The summed E-state index contributed by atoms with van der Waals surface area (Å²) in [6, 6.07) is 9.49. The average Bonchev–Trinajstić information content (AvgIpc) is 3.39. The number of benzene rings is 1. The molecule has 1 aromatic heterocycles. The van der Waals surface area contributed by atoms with Crippen molar-refractivity contribution in [3.05, 3.63) is 41.0 Å². The van der Waals surface area contributed by atoms with Crippen molar-refractivity contribution in [2.75, 3.05) is 13.1 Å². The van der Waals surface area contributed by atoms with Gasteiger partial charge in [0.05, 0.1) is 16.3 Å². The van der Waals surface area contributed by atoms with Crippen LogP contribution in [0.4, 0.5) is 0 Å². The Morgan fingerprint density at radius 2 is 1.81 bits per heavy atom. The van der Waals surface area contributed by atoms with Gasteiger partial charge in [0.15, 0.2) is 0 Å². The van der Waals surface area contributed by atoms with E-state index in [0.717, 1.165) is 28.9 Å². The molecule has 0 spiro atoms. The van der Waals surface area contributed by atoms with E-state index in [4.69, 9.17) is 16.7 Å². The van der Waals surface area contributed by atoms with Crippen molar-refractivity contribution in [1.82, 2.24) is 20.0 Å². The standard InChI is InChI=1S/C22H31ClN4/c1-22(2,3)27-15-16(21(25-27)19-6-4-5-7-20(19)23)14-24-17-10-12-26(13-11-17)18-8-9-18/h4-7,15,17-18,24H,8-14H2,1-3H3. The molecule has 2 aliphatic rings. The molecule has 146 valence electrons. The molecule has 5 heteroatoms. The summed E-state index contributed by atoms with van der Waals surface area (Å²) in [6.07, 6.45) is 7.48. The van der Waals surface area contributed by atoms with E-state index >= 15 is 0 Å². The lowest BCUT2D eigenvalue weighted by atomic mass is 10.0. The van der Waals surface area contributed by atoms with Crippen LogP contribution in [0.2, 0.25) is 5.02 Å². The van der Waals surface area contributed by atoms with Crippen molar-refractivity contribution in [3.63, 3.8) is 0 Å². The van der Waals surface area contributed by atoms with Crippen LogP contribution in [0.3, 0.4) is 0 Å². The van der Waals surface area contributed by atoms with Gasteiger partial charge in [-0.3, -0.25) is 4.68 Å². The number of halogens is 1. The molecule has 0 unspecified atom stereocenters. The van der Waals surface area contributed by atoms with Crippen LogP contribution < -0.4 is 5.32 Å². The molecular formula is C22H31ClN4. The van der Waals surface area contributed by atoms with Gasteiger partial charge in [0.25, 0.3) is 0 Å². The van der Waals surface area contributed by atoms with Gasteiger partial charge in [0.2, 0.25) is 0 Å². The Hall–Kier alpha value is -1.36. The SMILES string of the molecule is CC(C)(C)n1cc(CNC2CCN(C3CC3)CC2)c(-c2ccccc2Cl)n1. The van der Waals surface area contributed by atoms with E-state index in [1.807, 2.05) is 18.2 Å². The minimum atomic E-state index is -0.0517. The topological polar surface area (TPSA) is 33.1 Å². The van der Waals surface area contributed by atoms with E-state index in [9.17, 15) is 0 Å². The second kappa shape index (κ2) is 7.57. The zero-order chi connectivity index (χ0) is 19.0. The predicted molar refractivity (Wildman–Crippen MR) is 112 cm³/mol. The highest BCUT2D eigenvalue weighted by atomic mass is 35.5. The van der Waals surface area contributed by atoms with Crippen LogP contribution in [0, 0.1) is 0 Å². The number of nitrogens with one attached hydrogen (secondary N) is 1. The number of aromatic nitrogens is 2. The van der Waals surface area contributed by atoms with Crippen LogP contribution in [0.1, 0.15) is 52.0 Å². The molecular weight excluding hydrogens is 356 g/mol. The summed E-state index contributed by atoms with van der Waals surface area (Å²) >= 11 is 6.48. The van der Waals surface area contributed by atoms with Gasteiger partial charge in [0.1, 0.15) is 0 Å². The highest BCUT2D eigenvalue weighted by molar-refractivity contribution is 6.33. The molecule has 1 aliphatic heterocycles. The van der Waals surface area contributed by atoms with Gasteiger partial charge in [-0.25, -0.2) is 0 Å². The van der Waals surface area contributed by atoms with Crippen molar-refractivity contribution >= 4 is 11.6 Å². The van der Waals surface area contributed by atoms with Gasteiger partial charge >= 0.3 is 0 Å². The Bertz CT molecular complexity index is 780. The molecule has 4 rings (SSSR count). The van der Waals surface area contributed by atoms with Gasteiger partial charge in [-0.2, -0.15) is 5.10 Å². The number of rotatable bonds is 5. The van der Waals surface area contributed by atoms with Crippen LogP contribution in [0.15, 0.2) is 30.5 Å². The third kappa shape index (κ3) is 4.39. The first-order valence-corrected chi connectivity index (χ1v) is 10.6. The van der Waals surface area contributed by atoms with Gasteiger partial charge in [-0.05, 0) is 65.6 Å². The Kier molecular flexibility index (Phi) is 5.32. The molecule has 1 saturated carbocycles. The smallest absolute Gasteiger partial charge is 0.0983 e. The van der Waals surface area contributed by atoms with Crippen molar-refractivity contribution in [2.45, 2.75) is 70.6 Å². The van der Waals surface area contributed by atoms with Crippen molar-refractivity contribution in [1.29, 1.82) is 0 Å². The van der Waals surface area contributed by atoms with Crippen molar-refractivity contribution in [3.8, 4) is 11.3 Å². The third-order valence-corrected chi connectivity index (χ3v) is 6.11. The van der Waals surface area contributed by atoms with E-state index in [-0.39, 0.29) is 5.54 Å². The molecule has 27 heavy (non-hydrogen) atoms. The minimum absolute atomic E-state index is 0.0517. The second-order valence-electron chi connectivity index (χ2n) is 9.02. The number of nitrogens with zero attached hydrogens (tertiary/aromatic N) is 3. The van der Waals surface area contributed by atoms with Gasteiger partial charge < -0.3 is 10.2 Å². The number of hydrogen-bond donors (Lipinski definition) is 1. The first kappa shape index (κ1) is 19.0. The van der Waals surface area contributed by atoms with Gasteiger partial charge in [-0.1, -0.05) is 29.8 Å². The molecule has 0 bridgehead atoms. The van der Waals surface area contributed by atoms with E-state index in [0.29, 0.717) is 6.04 Å². The molecule has 2 aromatic rings. The fourth-order valence-corrected chi connectivity index (χ4v) is 4.15. The zero-order valence-electron chi connectivity index (χ0n) is 16.7. The molecule has 2 fully saturated rings. The molecule has 1 aromatic carbocycles. The molecule has 2 heterocycles. The molecule has 1 saturated heterocycles. The number of likely N-dealkylation sites (tertiary alicyclic amines) is 1. The summed E-state index contributed by atoms with van der Waals surface area (Å²) in [7, 11) is 0. The lowest BCUT2D eigenvalue weighted by Crippen LogP contribution is -2.43. The average molecular weight is 387 g/mol. The maximum atomic E-state index is 6.48. The molecule has 0 atom stereocenters. The summed E-state index contributed by atoms with van der Waals surface area (Å²) < 4.78 is 2.07. The fraction of sp³-hybridized carbons (Fsp3) is 0.591. The maximum Gasteiger partial charge on any atom is 0.0983 e. The Labute approximate surface area is 167 Å². The Balaban J connectivity index is 1.49. The normalized spacial score (nSPS) is 19.6. The van der Waals surface area contributed by atoms with Crippen molar-refractivity contribution < 1.29 is 0 Å². The lowest BCUT2D eigenvalue weighted by molar-refractivity contribution is 0.189. The molecule has 0 radical (unpaired) electrons. The van der Waals surface area contributed by atoms with E-state index in [2.05, 4.69) is 47.9 Å². The highest BCUT2D eigenvalue weighted by Crippen LogP contribution is 2.32. The van der Waals surface area contributed by atoms with Crippen molar-refractivity contribution in [2.24, 2.45) is 0 Å². The summed E-state index contributed by atoms with van der Waals surface area (Å²) in [4.78, 5) is 2.67. The quantitative estimate of drug-likeness (QED) is 0.810. The first-order valence-electron chi connectivity index (χ1n) is 10.2. The predicted octanol–water partition coefficient (Wildman–Crippen LogP) is 4.67. The summed E-state index contributed by atoms with van der Waals surface area (Å²) in [5.41, 5.74) is 3.19. The molecule has 1 aliphatic carbocycles. The van der Waals surface area contributed by atoms with Crippen LogP contribution in [0.25, 0.3) is 11.3 Å². The summed E-state index contributed by atoms with van der Waals surface area (Å²) in [5, 5.41) is 9.45. The molecule has 1 N–H and O–H groups in total. The van der Waals surface area contributed by atoms with E-state index in [1.165, 1.54) is 44.3 Å². The number of piperidine rings is 1. The molecule has 0 amide bonds. The summed E-state index contributed by atoms with van der Waals surface area (Å²) in [5.74, 6) is 0. The Morgan fingerprint density at radius 3 is 2.44 bits per heavy atom. The van der Waals surface area contributed by atoms with E-state index < -0.39 is 0 Å². The van der Waals surface area contributed by atoms with Crippen LogP contribution in [0.5, 0.6) is 0 Å². The fourth-order valence-electron chi connectivity index (χ4n) is 3.93. The summed E-state index contributed by atoms with van der Waals surface area (Å²) in [6.45, 7) is 9.86. The maximum absolute atomic E-state index is 6.48. The zero-order valence-corrected chi connectivity index (χ0v) is 17.5. The number of hydrogen-bond acceptors (Lipinski definition) is 3. The largest absolute Gasteiger partial charge is 0.310 e. The van der Waals surface area contributed by atoms with Gasteiger partial charge in [0, 0.05) is 36.0 Å². The second-order valence-corrected chi connectivity index (χ2v) is 9.43. The van der Waals surface area contributed by atoms with Crippen LogP contribution in [-0.2, 0) is 12.1 Å². The van der Waals surface area contributed by atoms with E-state index in [1.54, 1.807) is 0 Å². The molecule has 4 nitrogen and oxygen atoms in total. The monoisotopic (exact) mass is 386 g/mol. The van der Waals surface area contributed by atoms with Gasteiger partial charge in [-0.15, -0.1) is 0 Å².